The summed E-state index contributed by atoms with van der Waals surface area (Å²) in [6.07, 6.45) is 3.39. The van der Waals surface area contributed by atoms with Gasteiger partial charge in [0.2, 0.25) is 0 Å². The van der Waals surface area contributed by atoms with Gasteiger partial charge >= 0.3 is 0 Å². The smallest absolute Gasteiger partial charge is 0.123 e. The number of aliphatic hydroxyl groups excluding tert-OH is 1. The Labute approximate surface area is 148 Å². The number of nitrogens with zero attached hydrogens (tertiary/aromatic N) is 1. The van der Waals surface area contributed by atoms with Gasteiger partial charge in [-0.25, -0.2) is 4.39 Å². The minimum atomic E-state index is -0.464. The first-order valence-corrected chi connectivity index (χ1v) is 8.65. The zero-order valence-electron chi connectivity index (χ0n) is 14.5. The number of rotatable bonds is 6. The number of ether oxygens (including phenoxy) is 1. The van der Waals surface area contributed by atoms with Crippen LogP contribution in [0.15, 0.2) is 54.6 Å². The van der Waals surface area contributed by atoms with Crippen LogP contribution >= 0.6 is 0 Å². The summed E-state index contributed by atoms with van der Waals surface area (Å²) in [6, 6.07) is 14.3. The maximum absolute atomic E-state index is 13.0. The first kappa shape index (κ1) is 17.6. The fraction of sp³-hybridized carbons (Fsp3) is 0.333. The van der Waals surface area contributed by atoms with Crippen LogP contribution in [0, 0.1) is 5.82 Å². The SMILES string of the molecule is COc1ccc(C(O)CCN2CC=C(c3ccc(F)cc3)CC2)cc1. The van der Waals surface area contributed by atoms with Gasteiger partial charge in [0, 0.05) is 19.6 Å². The van der Waals surface area contributed by atoms with Crippen LogP contribution < -0.4 is 4.74 Å². The second-order valence-electron chi connectivity index (χ2n) is 6.36. The first-order chi connectivity index (χ1) is 12.2. The van der Waals surface area contributed by atoms with Gasteiger partial charge in [0.25, 0.3) is 0 Å². The highest BCUT2D eigenvalue weighted by molar-refractivity contribution is 5.66. The van der Waals surface area contributed by atoms with Crippen molar-refractivity contribution in [2.24, 2.45) is 0 Å². The van der Waals surface area contributed by atoms with Gasteiger partial charge in [-0.1, -0.05) is 30.3 Å². The third-order valence-electron chi connectivity index (χ3n) is 4.73. The molecule has 0 saturated carbocycles. The molecule has 1 N–H and O–H groups in total. The fourth-order valence-electron chi connectivity index (χ4n) is 3.14. The quantitative estimate of drug-likeness (QED) is 0.860. The van der Waals surface area contributed by atoms with Gasteiger partial charge in [-0.3, -0.25) is 4.90 Å². The number of halogens is 1. The minimum Gasteiger partial charge on any atom is -0.497 e. The van der Waals surface area contributed by atoms with E-state index >= 15 is 0 Å². The van der Waals surface area contributed by atoms with Crippen LogP contribution in [0.3, 0.4) is 0 Å². The second-order valence-corrected chi connectivity index (χ2v) is 6.36. The summed E-state index contributed by atoms with van der Waals surface area (Å²) >= 11 is 0. The second kappa shape index (κ2) is 8.28. The summed E-state index contributed by atoms with van der Waals surface area (Å²) in [6.45, 7) is 2.67. The average Bonchev–Trinajstić information content (AvgIpc) is 2.67. The predicted molar refractivity (Wildman–Crippen MR) is 98.0 cm³/mol. The molecule has 0 amide bonds. The van der Waals surface area contributed by atoms with E-state index in [9.17, 15) is 9.50 Å². The summed E-state index contributed by atoms with van der Waals surface area (Å²) in [4.78, 5) is 2.33. The van der Waals surface area contributed by atoms with Crippen molar-refractivity contribution in [2.45, 2.75) is 18.9 Å². The fourth-order valence-corrected chi connectivity index (χ4v) is 3.14. The zero-order valence-corrected chi connectivity index (χ0v) is 14.5. The maximum atomic E-state index is 13.0. The van der Waals surface area contributed by atoms with Gasteiger partial charge < -0.3 is 9.84 Å². The Kier molecular flexibility index (Phi) is 5.84. The molecule has 2 aromatic rings. The standard InChI is InChI=1S/C21H24FNO2/c1-25-20-8-4-18(5-9-20)21(24)12-15-23-13-10-17(11-14-23)16-2-6-19(22)7-3-16/h2-10,21,24H,11-15H2,1H3. The predicted octanol–water partition coefficient (Wildman–Crippen LogP) is 4.05. The minimum absolute atomic E-state index is 0.200. The van der Waals surface area contributed by atoms with Gasteiger partial charge in [0.05, 0.1) is 13.2 Å². The van der Waals surface area contributed by atoms with E-state index in [1.807, 2.05) is 36.4 Å². The summed E-state index contributed by atoms with van der Waals surface area (Å²) in [5, 5.41) is 10.4. The molecule has 1 atom stereocenters. The molecule has 25 heavy (non-hydrogen) atoms. The molecule has 0 spiro atoms. The first-order valence-electron chi connectivity index (χ1n) is 8.65. The van der Waals surface area contributed by atoms with E-state index in [1.165, 1.54) is 17.7 Å². The van der Waals surface area contributed by atoms with Crippen molar-refractivity contribution in [3.8, 4) is 5.75 Å². The molecule has 0 aliphatic carbocycles. The monoisotopic (exact) mass is 341 g/mol. The van der Waals surface area contributed by atoms with Crippen LogP contribution in [0.25, 0.3) is 5.57 Å². The zero-order chi connectivity index (χ0) is 17.6. The molecule has 1 aliphatic rings. The lowest BCUT2D eigenvalue weighted by Gasteiger charge is -2.27. The van der Waals surface area contributed by atoms with Crippen LogP contribution in [0.4, 0.5) is 4.39 Å². The topological polar surface area (TPSA) is 32.7 Å². The molecule has 0 fully saturated rings. The van der Waals surface area contributed by atoms with E-state index in [4.69, 9.17) is 4.74 Å². The van der Waals surface area contributed by atoms with Crippen molar-refractivity contribution < 1.29 is 14.2 Å². The Morgan fingerprint density at radius 1 is 1.12 bits per heavy atom. The molecule has 0 aromatic heterocycles. The molecule has 3 rings (SSSR count). The molecular weight excluding hydrogens is 317 g/mol. The molecule has 3 nitrogen and oxygen atoms in total. The Bertz CT molecular complexity index is 710. The lowest BCUT2D eigenvalue weighted by atomic mass is 9.99. The van der Waals surface area contributed by atoms with Gasteiger partial charge in [-0.05, 0) is 53.8 Å². The number of benzene rings is 2. The molecule has 132 valence electrons. The van der Waals surface area contributed by atoms with Gasteiger partial charge in [0.1, 0.15) is 11.6 Å². The van der Waals surface area contributed by atoms with E-state index in [0.29, 0.717) is 6.42 Å². The molecule has 1 unspecified atom stereocenters. The molecule has 2 aromatic carbocycles. The van der Waals surface area contributed by atoms with Crippen LogP contribution in [-0.4, -0.2) is 36.8 Å². The maximum Gasteiger partial charge on any atom is 0.123 e. The van der Waals surface area contributed by atoms with Crippen molar-refractivity contribution in [1.82, 2.24) is 4.90 Å². The summed E-state index contributed by atoms with van der Waals surface area (Å²) in [5.74, 6) is 0.597. The van der Waals surface area contributed by atoms with Gasteiger partial charge in [-0.2, -0.15) is 0 Å². The number of methoxy groups -OCH3 is 1. The Morgan fingerprint density at radius 2 is 1.84 bits per heavy atom. The van der Waals surface area contributed by atoms with Crippen LogP contribution in [0.2, 0.25) is 0 Å². The molecule has 0 saturated heterocycles. The van der Waals surface area contributed by atoms with E-state index < -0.39 is 6.10 Å². The van der Waals surface area contributed by atoms with E-state index in [2.05, 4.69) is 11.0 Å². The number of hydrogen-bond donors (Lipinski definition) is 1. The number of aliphatic hydroxyl groups is 1. The van der Waals surface area contributed by atoms with Crippen molar-refractivity contribution in [1.29, 1.82) is 0 Å². The van der Waals surface area contributed by atoms with E-state index in [-0.39, 0.29) is 5.82 Å². The van der Waals surface area contributed by atoms with Crippen LogP contribution in [0.5, 0.6) is 5.75 Å². The van der Waals surface area contributed by atoms with Gasteiger partial charge in [-0.15, -0.1) is 0 Å². The highest BCUT2D eigenvalue weighted by Crippen LogP contribution is 2.24. The van der Waals surface area contributed by atoms with E-state index in [1.54, 1.807) is 7.11 Å². The van der Waals surface area contributed by atoms with Crippen molar-refractivity contribution >= 4 is 5.57 Å². The highest BCUT2D eigenvalue weighted by atomic mass is 19.1. The molecule has 0 radical (unpaired) electrons. The van der Waals surface area contributed by atoms with Gasteiger partial charge in [0.15, 0.2) is 0 Å². The van der Waals surface area contributed by atoms with Crippen molar-refractivity contribution in [3.05, 3.63) is 71.6 Å². The molecule has 1 aliphatic heterocycles. The normalized spacial score (nSPS) is 16.4. The van der Waals surface area contributed by atoms with Crippen LogP contribution in [0.1, 0.15) is 30.1 Å². The van der Waals surface area contributed by atoms with Crippen LogP contribution in [-0.2, 0) is 0 Å². The van der Waals surface area contributed by atoms with Crippen molar-refractivity contribution in [3.63, 3.8) is 0 Å². The molecule has 4 heteroatoms. The number of hydrogen-bond acceptors (Lipinski definition) is 3. The summed E-state index contributed by atoms with van der Waals surface area (Å²) in [5.41, 5.74) is 3.28. The Balaban J connectivity index is 1.50. The largest absolute Gasteiger partial charge is 0.497 e. The van der Waals surface area contributed by atoms with Crippen molar-refractivity contribution in [2.75, 3.05) is 26.7 Å². The summed E-state index contributed by atoms with van der Waals surface area (Å²) < 4.78 is 18.2. The molecule has 1 heterocycles. The molecule has 0 bridgehead atoms. The third kappa shape index (κ3) is 4.68. The highest BCUT2D eigenvalue weighted by Gasteiger charge is 2.15. The Morgan fingerprint density at radius 3 is 2.44 bits per heavy atom. The van der Waals surface area contributed by atoms with E-state index in [0.717, 1.165) is 42.9 Å². The summed E-state index contributed by atoms with van der Waals surface area (Å²) in [7, 11) is 1.63. The Hall–Kier alpha value is -2.17. The molecular formula is C21H24FNO2. The lowest BCUT2D eigenvalue weighted by Crippen LogP contribution is -2.30. The average molecular weight is 341 g/mol. The lowest BCUT2D eigenvalue weighted by molar-refractivity contribution is 0.145. The third-order valence-corrected chi connectivity index (χ3v) is 4.73.